The van der Waals surface area contributed by atoms with E-state index in [1.165, 1.54) is 17.4 Å². The van der Waals surface area contributed by atoms with Crippen LogP contribution in [0.25, 0.3) is 10.1 Å². The van der Waals surface area contributed by atoms with E-state index in [0.29, 0.717) is 63.9 Å². The largest absolute Gasteiger partial charge is 0.481 e. The van der Waals surface area contributed by atoms with Crippen molar-refractivity contribution in [3.05, 3.63) is 63.7 Å². The number of benzene rings is 2. The van der Waals surface area contributed by atoms with Gasteiger partial charge in [-0.15, -0.1) is 11.3 Å². The first-order valence-electron chi connectivity index (χ1n) is 16.3. The first-order valence-corrected chi connectivity index (χ1v) is 17.6. The quantitative estimate of drug-likeness (QED) is 0.271. The minimum absolute atomic E-state index is 0.0438. The summed E-state index contributed by atoms with van der Waals surface area (Å²) in [6, 6.07) is 9.92. The van der Waals surface area contributed by atoms with Crippen molar-refractivity contribution in [3.8, 4) is 0 Å². The summed E-state index contributed by atoms with van der Waals surface area (Å²) in [5.74, 6) is -2.39. The third-order valence-corrected chi connectivity index (χ3v) is 11.4. The van der Waals surface area contributed by atoms with E-state index in [-0.39, 0.29) is 64.9 Å². The second kappa shape index (κ2) is 15.2. The van der Waals surface area contributed by atoms with E-state index in [0.717, 1.165) is 16.2 Å². The maximum Gasteiger partial charge on any atom is 0.306 e. The molecule has 6 rings (SSSR count). The van der Waals surface area contributed by atoms with E-state index < -0.39 is 17.7 Å². The average Bonchev–Trinajstić information content (AvgIpc) is 3.83. The highest BCUT2D eigenvalue weighted by Crippen LogP contribution is 2.33. The minimum atomic E-state index is -0.767. The fourth-order valence-electron chi connectivity index (χ4n) is 7.29. The number of anilines is 1. The van der Waals surface area contributed by atoms with Gasteiger partial charge in [-0.3, -0.25) is 19.3 Å². The van der Waals surface area contributed by atoms with Crippen molar-refractivity contribution in [2.45, 2.75) is 68.9 Å². The summed E-state index contributed by atoms with van der Waals surface area (Å²) in [6.07, 6.45) is 2.71. The summed E-state index contributed by atoms with van der Waals surface area (Å²) in [5, 5.41) is 14.8. The van der Waals surface area contributed by atoms with Crippen molar-refractivity contribution in [1.82, 2.24) is 9.80 Å². The molecule has 1 saturated carbocycles. The highest BCUT2D eigenvalue weighted by Gasteiger charge is 2.43. The minimum Gasteiger partial charge on any atom is -0.481 e. The van der Waals surface area contributed by atoms with Gasteiger partial charge in [0, 0.05) is 55.4 Å². The fourth-order valence-corrected chi connectivity index (χ4v) is 8.47. The molecule has 1 aliphatic carbocycles. The number of carbonyl (C=O) groups is 3. The molecule has 1 aromatic heterocycles. The number of fused-ring (bicyclic) bond motifs is 1. The fraction of sp³-hybridized carbons (Fsp3) is 0.514. The first kappa shape index (κ1) is 34.7. The second-order valence-corrected chi connectivity index (χ2v) is 14.3. The van der Waals surface area contributed by atoms with Gasteiger partial charge in [-0.1, -0.05) is 29.8 Å². The van der Waals surface area contributed by atoms with Crippen LogP contribution in [0.3, 0.4) is 0 Å². The molecule has 2 aromatic carbocycles. The van der Waals surface area contributed by atoms with E-state index in [2.05, 4.69) is 10.2 Å². The number of ether oxygens (including phenoxy) is 3. The lowest BCUT2D eigenvalue weighted by molar-refractivity contribution is -0.144. The van der Waals surface area contributed by atoms with Crippen LogP contribution in [0.1, 0.15) is 48.0 Å². The molecule has 3 heterocycles. The van der Waals surface area contributed by atoms with E-state index in [1.54, 1.807) is 24.5 Å². The highest BCUT2D eigenvalue weighted by atomic mass is 35.5. The predicted octanol–water partition coefficient (Wildman–Crippen LogP) is 5.46. The number of nitrogens with zero attached hydrogens (tertiary/aromatic N) is 2. The molecule has 3 fully saturated rings. The molecule has 13 heteroatoms. The van der Waals surface area contributed by atoms with Crippen molar-refractivity contribution < 1.29 is 38.1 Å². The van der Waals surface area contributed by atoms with Crippen molar-refractivity contribution in [2.24, 2.45) is 5.92 Å². The maximum atomic E-state index is 15.5. The monoisotopic (exact) mass is 701 g/mol. The Morgan fingerprint density at radius 1 is 1.04 bits per heavy atom. The second-order valence-electron chi connectivity index (χ2n) is 12.9. The molecule has 4 atom stereocenters. The summed E-state index contributed by atoms with van der Waals surface area (Å²) >= 11 is 7.98. The molecular weight excluding hydrogens is 661 g/mol. The van der Waals surface area contributed by atoms with Gasteiger partial charge >= 0.3 is 5.97 Å². The third-order valence-electron chi connectivity index (χ3n) is 10.1. The van der Waals surface area contributed by atoms with Crippen molar-refractivity contribution in [3.63, 3.8) is 0 Å². The molecule has 0 spiro atoms. The van der Waals surface area contributed by atoms with Crippen molar-refractivity contribution >= 4 is 56.5 Å². The van der Waals surface area contributed by atoms with E-state index in [4.69, 9.17) is 25.8 Å². The number of aliphatic carboxylic acids is 1. The Morgan fingerprint density at radius 2 is 1.75 bits per heavy atom. The molecule has 2 N–H and O–H groups in total. The predicted molar refractivity (Wildman–Crippen MR) is 181 cm³/mol. The SMILES string of the molecule is COC1CN([C@H]2C[C@@H](COC3CCC(C(=O)O)CC3)N(C(=O)Cc3cc(Cl)c(NC(=O)c4csc5ccccc45)cc3F)C2)CC1OC. The Labute approximate surface area is 288 Å². The molecular formula is C35H41ClFN3O7S. The molecule has 2 unspecified atom stereocenters. The maximum absolute atomic E-state index is 15.5. The number of halogens is 2. The van der Waals surface area contributed by atoms with Gasteiger partial charge in [0.05, 0.1) is 59.6 Å². The van der Waals surface area contributed by atoms with Gasteiger partial charge in [0.1, 0.15) is 5.82 Å². The molecule has 0 radical (unpaired) electrons. The molecule has 2 amide bonds. The number of thiophene rings is 1. The lowest BCUT2D eigenvalue weighted by atomic mass is 9.87. The van der Waals surface area contributed by atoms with Gasteiger partial charge in [0.25, 0.3) is 5.91 Å². The van der Waals surface area contributed by atoms with Gasteiger partial charge in [-0.2, -0.15) is 0 Å². The zero-order valence-corrected chi connectivity index (χ0v) is 28.6. The van der Waals surface area contributed by atoms with Gasteiger partial charge in [0.2, 0.25) is 5.91 Å². The third kappa shape index (κ3) is 7.54. The van der Waals surface area contributed by atoms with Gasteiger partial charge in [0.15, 0.2) is 0 Å². The normalized spacial score (nSPS) is 26.3. The first-order chi connectivity index (χ1) is 23.1. The standard InChI is InChI=1S/C35H41ClFN3O7S/c1-45-30-16-39(17-31(30)46-2)22-13-23(18-47-24-9-7-20(8-10-24)35(43)44)40(15-22)33(41)12-21-11-27(36)29(14-28(21)37)38-34(42)26-19-48-32-6-4-3-5-25(26)32/h3-6,11,14,19-20,22-24,30-31H,7-10,12-13,15-18H2,1-2H3,(H,38,42)(H,43,44)/t20?,22-,23-,24?,30?,31?/m0/s1. The van der Waals surface area contributed by atoms with Gasteiger partial charge in [-0.25, -0.2) is 4.39 Å². The molecule has 2 saturated heterocycles. The van der Waals surface area contributed by atoms with Crippen LogP contribution in [0.5, 0.6) is 0 Å². The number of nitrogens with one attached hydrogen (secondary N) is 1. The van der Waals surface area contributed by atoms with Crippen LogP contribution in [-0.2, 0) is 30.2 Å². The summed E-state index contributed by atoms with van der Waals surface area (Å²) in [4.78, 5) is 42.4. The zero-order valence-electron chi connectivity index (χ0n) is 27.0. The number of hydrogen-bond acceptors (Lipinski definition) is 8. The van der Waals surface area contributed by atoms with Gasteiger partial charge in [-0.05, 0) is 55.9 Å². The summed E-state index contributed by atoms with van der Waals surface area (Å²) < 4.78 is 34.0. The lowest BCUT2D eigenvalue weighted by Gasteiger charge is -2.30. The number of likely N-dealkylation sites (tertiary alicyclic amines) is 2. The number of rotatable bonds is 11. The Morgan fingerprint density at radius 3 is 2.44 bits per heavy atom. The van der Waals surface area contributed by atoms with E-state index in [1.807, 2.05) is 24.3 Å². The Hall–Kier alpha value is -3.13. The van der Waals surface area contributed by atoms with Crippen LogP contribution in [-0.4, -0.2) is 104 Å². The molecule has 0 bridgehead atoms. The molecule has 3 aromatic rings. The lowest BCUT2D eigenvalue weighted by Crippen LogP contribution is -2.41. The number of carboxylic acid groups (broad SMARTS) is 1. The van der Waals surface area contributed by atoms with Crippen LogP contribution in [0.2, 0.25) is 5.02 Å². The van der Waals surface area contributed by atoms with Crippen LogP contribution >= 0.6 is 22.9 Å². The van der Waals surface area contributed by atoms with E-state index in [9.17, 15) is 19.5 Å². The van der Waals surface area contributed by atoms with Crippen molar-refractivity contribution in [1.29, 1.82) is 0 Å². The van der Waals surface area contributed by atoms with E-state index >= 15 is 4.39 Å². The smallest absolute Gasteiger partial charge is 0.306 e. The number of carboxylic acids is 1. The molecule has 48 heavy (non-hydrogen) atoms. The van der Waals surface area contributed by atoms with Crippen molar-refractivity contribution in [2.75, 3.05) is 45.8 Å². The van der Waals surface area contributed by atoms with Gasteiger partial charge < -0.3 is 29.5 Å². The van der Waals surface area contributed by atoms with Crippen LogP contribution in [0.4, 0.5) is 10.1 Å². The summed E-state index contributed by atoms with van der Waals surface area (Å²) in [6.45, 7) is 2.11. The highest BCUT2D eigenvalue weighted by molar-refractivity contribution is 7.17. The molecule has 3 aliphatic rings. The topological polar surface area (TPSA) is 118 Å². The number of carbonyl (C=O) groups excluding carboxylic acids is 2. The Kier molecular flexibility index (Phi) is 11.0. The molecule has 2 aliphatic heterocycles. The zero-order chi connectivity index (χ0) is 33.9. The molecule has 258 valence electrons. The van der Waals surface area contributed by atoms with Crippen LogP contribution in [0.15, 0.2) is 41.8 Å². The average molecular weight is 702 g/mol. The van der Waals surface area contributed by atoms with Crippen LogP contribution < -0.4 is 5.32 Å². The Balaban J connectivity index is 1.14. The van der Waals surface area contributed by atoms with Crippen LogP contribution in [0, 0.1) is 11.7 Å². The summed E-state index contributed by atoms with van der Waals surface area (Å²) in [7, 11) is 3.34. The number of hydrogen-bond donors (Lipinski definition) is 2. The molecule has 10 nitrogen and oxygen atoms in total. The Bertz CT molecular complexity index is 1640. The number of methoxy groups -OCH3 is 2. The number of amides is 2. The summed E-state index contributed by atoms with van der Waals surface area (Å²) in [5.41, 5.74) is 0.745.